The maximum Gasteiger partial charge on any atom is 0.0443 e. The van der Waals surface area contributed by atoms with Crippen molar-refractivity contribution >= 4 is 5.69 Å². The van der Waals surface area contributed by atoms with Gasteiger partial charge < -0.3 is 10.2 Å². The van der Waals surface area contributed by atoms with Gasteiger partial charge in [0.25, 0.3) is 0 Å². The van der Waals surface area contributed by atoms with Crippen LogP contribution in [0, 0.1) is 13.8 Å². The average Bonchev–Trinajstić information content (AvgIpc) is 2.41. The summed E-state index contributed by atoms with van der Waals surface area (Å²) in [6.45, 7) is 6.78. The second kappa shape index (κ2) is 4.93. The highest BCUT2D eigenvalue weighted by Crippen LogP contribution is 2.32. The second-order valence-corrected chi connectivity index (χ2v) is 5.82. The molecule has 0 radical (unpaired) electrons. The number of nitrogens with zero attached hydrogens (tertiary/aromatic N) is 1. The van der Waals surface area contributed by atoms with Crippen LogP contribution in [-0.2, 0) is 0 Å². The van der Waals surface area contributed by atoms with Crippen molar-refractivity contribution in [3.8, 4) is 0 Å². The van der Waals surface area contributed by atoms with Crippen molar-refractivity contribution in [1.82, 2.24) is 5.32 Å². The molecule has 1 aliphatic heterocycles. The Morgan fingerprint density at radius 1 is 1.17 bits per heavy atom. The Morgan fingerprint density at radius 3 is 2.89 bits per heavy atom. The Kier molecular flexibility index (Phi) is 3.29. The van der Waals surface area contributed by atoms with Gasteiger partial charge >= 0.3 is 0 Å². The predicted octanol–water partition coefficient (Wildman–Crippen LogP) is 3.02. The molecule has 1 heterocycles. The molecule has 0 spiro atoms. The fourth-order valence-electron chi connectivity index (χ4n) is 3.60. The van der Waals surface area contributed by atoms with E-state index in [0.717, 1.165) is 13.1 Å². The highest BCUT2D eigenvalue weighted by Gasteiger charge is 2.33. The number of hydrogen-bond acceptors (Lipinski definition) is 2. The first-order chi connectivity index (χ1) is 8.77. The summed E-state index contributed by atoms with van der Waals surface area (Å²) < 4.78 is 0. The topological polar surface area (TPSA) is 15.3 Å². The molecule has 1 saturated carbocycles. The molecule has 3 rings (SSSR count). The summed E-state index contributed by atoms with van der Waals surface area (Å²) in [7, 11) is 0. The lowest BCUT2D eigenvalue weighted by atomic mass is 9.87. The molecule has 0 amide bonds. The molecule has 2 heteroatoms. The minimum absolute atomic E-state index is 0.715. The van der Waals surface area contributed by atoms with Gasteiger partial charge in [-0.3, -0.25) is 0 Å². The van der Waals surface area contributed by atoms with E-state index in [1.807, 2.05) is 0 Å². The van der Waals surface area contributed by atoms with Crippen molar-refractivity contribution in [3.63, 3.8) is 0 Å². The molecule has 1 aromatic rings. The summed E-state index contributed by atoms with van der Waals surface area (Å²) in [6.07, 6.45) is 5.50. The molecule has 2 aliphatic rings. The SMILES string of the molecule is Cc1cccc(N2CCN[C@H]3CCCC[C@H]32)c1C. The first-order valence-electron chi connectivity index (χ1n) is 7.33. The van der Waals surface area contributed by atoms with E-state index >= 15 is 0 Å². The predicted molar refractivity (Wildman–Crippen MR) is 77.3 cm³/mol. The molecule has 1 N–H and O–H groups in total. The molecule has 0 unspecified atom stereocenters. The molecule has 1 aromatic carbocycles. The molecule has 0 bridgehead atoms. The molecular formula is C16H24N2. The molecule has 2 fully saturated rings. The third-order valence-corrected chi connectivity index (χ3v) is 4.77. The van der Waals surface area contributed by atoms with E-state index in [0.29, 0.717) is 12.1 Å². The third-order valence-electron chi connectivity index (χ3n) is 4.77. The summed E-state index contributed by atoms with van der Waals surface area (Å²) >= 11 is 0. The third kappa shape index (κ3) is 2.03. The number of aryl methyl sites for hydroxylation is 1. The van der Waals surface area contributed by atoms with Gasteiger partial charge in [-0.15, -0.1) is 0 Å². The van der Waals surface area contributed by atoms with Gasteiger partial charge in [0.1, 0.15) is 0 Å². The van der Waals surface area contributed by atoms with Crippen molar-refractivity contribution in [2.75, 3.05) is 18.0 Å². The lowest BCUT2D eigenvalue weighted by molar-refractivity contribution is 0.284. The first-order valence-corrected chi connectivity index (χ1v) is 7.33. The number of piperazine rings is 1. The Balaban J connectivity index is 1.92. The second-order valence-electron chi connectivity index (χ2n) is 5.82. The zero-order valence-electron chi connectivity index (χ0n) is 11.6. The Labute approximate surface area is 110 Å². The van der Waals surface area contributed by atoms with Gasteiger partial charge in [-0.05, 0) is 43.9 Å². The molecule has 2 atom stereocenters. The summed E-state index contributed by atoms with van der Waals surface area (Å²) in [4.78, 5) is 2.67. The van der Waals surface area contributed by atoms with Crippen LogP contribution in [0.1, 0.15) is 36.8 Å². The molecular weight excluding hydrogens is 220 g/mol. The molecule has 18 heavy (non-hydrogen) atoms. The van der Waals surface area contributed by atoms with Crippen molar-refractivity contribution in [2.24, 2.45) is 0 Å². The molecule has 0 aromatic heterocycles. The van der Waals surface area contributed by atoms with E-state index in [-0.39, 0.29) is 0 Å². The van der Waals surface area contributed by atoms with Crippen LogP contribution in [0.15, 0.2) is 18.2 Å². The largest absolute Gasteiger partial charge is 0.365 e. The van der Waals surface area contributed by atoms with Gasteiger partial charge in [0, 0.05) is 30.9 Å². The molecule has 2 nitrogen and oxygen atoms in total. The fraction of sp³-hybridized carbons (Fsp3) is 0.625. The Hall–Kier alpha value is -1.02. The van der Waals surface area contributed by atoms with Gasteiger partial charge in [0.05, 0.1) is 0 Å². The van der Waals surface area contributed by atoms with Crippen molar-refractivity contribution < 1.29 is 0 Å². The van der Waals surface area contributed by atoms with Crippen molar-refractivity contribution in [1.29, 1.82) is 0 Å². The van der Waals surface area contributed by atoms with Crippen LogP contribution >= 0.6 is 0 Å². The van der Waals surface area contributed by atoms with Gasteiger partial charge in [-0.2, -0.15) is 0 Å². The number of benzene rings is 1. The number of fused-ring (bicyclic) bond motifs is 1. The van der Waals surface area contributed by atoms with E-state index in [4.69, 9.17) is 0 Å². The van der Waals surface area contributed by atoms with E-state index in [1.165, 1.54) is 42.5 Å². The average molecular weight is 244 g/mol. The summed E-state index contributed by atoms with van der Waals surface area (Å²) in [5.41, 5.74) is 4.34. The molecule has 1 saturated heterocycles. The Morgan fingerprint density at radius 2 is 2.00 bits per heavy atom. The lowest BCUT2D eigenvalue weighted by Crippen LogP contribution is -2.59. The van der Waals surface area contributed by atoms with E-state index in [2.05, 4.69) is 42.3 Å². The summed E-state index contributed by atoms with van der Waals surface area (Å²) in [5, 5.41) is 3.71. The standard InChI is InChI=1S/C16H24N2/c1-12-6-5-9-15(13(12)2)18-11-10-17-14-7-3-4-8-16(14)18/h5-6,9,14,16-17H,3-4,7-8,10-11H2,1-2H3/t14-,16+/m0/s1. The van der Waals surface area contributed by atoms with Gasteiger partial charge in [0.15, 0.2) is 0 Å². The maximum atomic E-state index is 3.71. The van der Waals surface area contributed by atoms with Gasteiger partial charge in [0.2, 0.25) is 0 Å². The monoisotopic (exact) mass is 244 g/mol. The van der Waals surface area contributed by atoms with Crippen molar-refractivity contribution in [3.05, 3.63) is 29.3 Å². The minimum atomic E-state index is 0.715. The van der Waals surface area contributed by atoms with Crippen molar-refractivity contribution in [2.45, 2.75) is 51.6 Å². The minimum Gasteiger partial charge on any atom is -0.365 e. The molecule has 98 valence electrons. The number of rotatable bonds is 1. The fourth-order valence-corrected chi connectivity index (χ4v) is 3.60. The van der Waals surface area contributed by atoms with E-state index in [1.54, 1.807) is 0 Å². The normalized spacial score (nSPS) is 28.0. The van der Waals surface area contributed by atoms with Crippen LogP contribution in [0.3, 0.4) is 0 Å². The highest BCUT2D eigenvalue weighted by atomic mass is 15.2. The summed E-state index contributed by atoms with van der Waals surface area (Å²) in [5.74, 6) is 0. The molecule has 1 aliphatic carbocycles. The number of nitrogens with one attached hydrogen (secondary N) is 1. The zero-order valence-corrected chi connectivity index (χ0v) is 11.6. The van der Waals surface area contributed by atoms with Crippen LogP contribution in [0.4, 0.5) is 5.69 Å². The summed E-state index contributed by atoms with van der Waals surface area (Å²) in [6, 6.07) is 8.16. The van der Waals surface area contributed by atoms with Crippen LogP contribution < -0.4 is 10.2 Å². The van der Waals surface area contributed by atoms with E-state index in [9.17, 15) is 0 Å². The van der Waals surface area contributed by atoms with Gasteiger partial charge in [-0.1, -0.05) is 25.0 Å². The first kappa shape index (κ1) is 12.0. The Bertz CT molecular complexity index is 425. The lowest BCUT2D eigenvalue weighted by Gasteiger charge is -2.46. The maximum absolute atomic E-state index is 3.71. The smallest absolute Gasteiger partial charge is 0.0443 e. The quantitative estimate of drug-likeness (QED) is 0.817. The van der Waals surface area contributed by atoms with Crippen LogP contribution in [0.2, 0.25) is 0 Å². The van der Waals surface area contributed by atoms with Gasteiger partial charge in [-0.25, -0.2) is 0 Å². The van der Waals surface area contributed by atoms with Crippen LogP contribution in [0.5, 0.6) is 0 Å². The van der Waals surface area contributed by atoms with E-state index < -0.39 is 0 Å². The zero-order chi connectivity index (χ0) is 12.5. The van der Waals surface area contributed by atoms with Crippen LogP contribution in [-0.4, -0.2) is 25.2 Å². The number of anilines is 1. The highest BCUT2D eigenvalue weighted by molar-refractivity contribution is 5.57. The number of hydrogen-bond donors (Lipinski definition) is 1. The van der Waals surface area contributed by atoms with Crippen LogP contribution in [0.25, 0.3) is 0 Å².